The van der Waals surface area contributed by atoms with Gasteiger partial charge in [0.1, 0.15) is 5.82 Å². The number of imidazole rings is 1. The van der Waals surface area contributed by atoms with Crippen LogP contribution in [0.1, 0.15) is 12.7 Å². The van der Waals surface area contributed by atoms with Crippen molar-refractivity contribution in [2.75, 3.05) is 19.7 Å². The lowest BCUT2D eigenvalue weighted by Crippen LogP contribution is -2.26. The first kappa shape index (κ1) is 12.4. The predicted octanol–water partition coefficient (Wildman–Crippen LogP) is 2.03. The van der Waals surface area contributed by atoms with E-state index in [1.165, 1.54) is 0 Å². The molecule has 1 aromatic heterocycles. The van der Waals surface area contributed by atoms with Gasteiger partial charge in [0.2, 0.25) is 0 Å². The van der Waals surface area contributed by atoms with E-state index in [1.807, 2.05) is 18.2 Å². The van der Waals surface area contributed by atoms with Crippen LogP contribution in [0.25, 0.3) is 11.0 Å². The maximum atomic E-state index is 8.93. The molecule has 1 heterocycles. The van der Waals surface area contributed by atoms with Gasteiger partial charge in [-0.1, -0.05) is 18.5 Å². The molecule has 2 rings (SSSR count). The lowest BCUT2D eigenvalue weighted by Gasteiger charge is -2.16. The molecule has 0 bridgehead atoms. The van der Waals surface area contributed by atoms with Crippen LogP contribution in [0.5, 0.6) is 0 Å². The maximum absolute atomic E-state index is 8.93. The van der Waals surface area contributed by atoms with Gasteiger partial charge in [0.25, 0.3) is 0 Å². The third kappa shape index (κ3) is 2.97. The van der Waals surface area contributed by atoms with Gasteiger partial charge in [0, 0.05) is 11.6 Å². The second-order valence-corrected chi connectivity index (χ2v) is 4.37. The van der Waals surface area contributed by atoms with Gasteiger partial charge in [-0.15, -0.1) is 0 Å². The summed E-state index contributed by atoms with van der Waals surface area (Å²) in [6.07, 6.45) is 0. The van der Waals surface area contributed by atoms with Gasteiger partial charge in [-0.2, -0.15) is 0 Å². The summed E-state index contributed by atoms with van der Waals surface area (Å²) in [5.74, 6) is 0.901. The van der Waals surface area contributed by atoms with E-state index >= 15 is 0 Å². The lowest BCUT2D eigenvalue weighted by molar-refractivity contribution is 0.194. The first-order valence-corrected chi connectivity index (χ1v) is 6.08. The van der Waals surface area contributed by atoms with Crippen molar-refractivity contribution in [1.29, 1.82) is 0 Å². The van der Waals surface area contributed by atoms with Crippen molar-refractivity contribution >= 4 is 22.6 Å². The molecule has 2 aromatic rings. The van der Waals surface area contributed by atoms with E-state index < -0.39 is 0 Å². The minimum Gasteiger partial charge on any atom is -0.395 e. The second kappa shape index (κ2) is 5.49. The zero-order valence-electron chi connectivity index (χ0n) is 9.78. The largest absolute Gasteiger partial charge is 0.395 e. The Labute approximate surface area is 105 Å². The Kier molecular flexibility index (Phi) is 3.99. The molecule has 0 aliphatic carbocycles. The number of aliphatic hydroxyl groups is 1. The van der Waals surface area contributed by atoms with Gasteiger partial charge >= 0.3 is 0 Å². The van der Waals surface area contributed by atoms with E-state index in [-0.39, 0.29) is 6.61 Å². The standard InChI is InChI=1S/C12H16ClN3O/c1-2-16(5-6-17)8-12-14-10-4-3-9(13)7-11(10)15-12/h3-4,7,17H,2,5-6,8H2,1H3,(H,14,15). The Hall–Kier alpha value is -1.10. The fourth-order valence-electron chi connectivity index (χ4n) is 1.81. The predicted molar refractivity (Wildman–Crippen MR) is 69.1 cm³/mol. The molecule has 0 aliphatic rings. The van der Waals surface area contributed by atoms with E-state index in [0.717, 1.165) is 23.4 Å². The third-order valence-corrected chi connectivity index (χ3v) is 2.96. The van der Waals surface area contributed by atoms with Crippen LogP contribution in [0.3, 0.4) is 0 Å². The van der Waals surface area contributed by atoms with Crippen molar-refractivity contribution in [2.24, 2.45) is 0 Å². The summed E-state index contributed by atoms with van der Waals surface area (Å²) in [7, 11) is 0. The molecular weight excluding hydrogens is 238 g/mol. The van der Waals surface area contributed by atoms with Gasteiger partial charge in [-0.3, -0.25) is 4.90 Å². The van der Waals surface area contributed by atoms with Gasteiger partial charge < -0.3 is 10.1 Å². The van der Waals surface area contributed by atoms with Crippen LogP contribution in [0, 0.1) is 0 Å². The molecule has 4 nitrogen and oxygen atoms in total. The summed E-state index contributed by atoms with van der Waals surface area (Å²) in [5.41, 5.74) is 1.87. The maximum Gasteiger partial charge on any atom is 0.121 e. The highest BCUT2D eigenvalue weighted by molar-refractivity contribution is 6.31. The van der Waals surface area contributed by atoms with E-state index in [0.29, 0.717) is 18.1 Å². The molecule has 1 aromatic carbocycles. The molecule has 17 heavy (non-hydrogen) atoms. The Morgan fingerprint density at radius 1 is 1.47 bits per heavy atom. The van der Waals surface area contributed by atoms with Gasteiger partial charge in [0.05, 0.1) is 24.2 Å². The van der Waals surface area contributed by atoms with Crippen LogP contribution in [-0.2, 0) is 6.54 Å². The molecule has 0 saturated heterocycles. The Balaban J connectivity index is 2.18. The smallest absolute Gasteiger partial charge is 0.121 e. The summed E-state index contributed by atoms with van der Waals surface area (Å²) < 4.78 is 0. The minimum absolute atomic E-state index is 0.167. The number of aromatic nitrogens is 2. The average Bonchev–Trinajstić information content (AvgIpc) is 2.69. The molecule has 0 unspecified atom stereocenters. The van der Waals surface area contributed by atoms with Crippen molar-refractivity contribution in [1.82, 2.24) is 14.9 Å². The van der Waals surface area contributed by atoms with E-state index in [4.69, 9.17) is 16.7 Å². The van der Waals surface area contributed by atoms with Crippen molar-refractivity contribution in [2.45, 2.75) is 13.5 Å². The normalized spacial score (nSPS) is 11.5. The van der Waals surface area contributed by atoms with Crippen LogP contribution in [-0.4, -0.2) is 39.7 Å². The number of nitrogens with one attached hydrogen (secondary N) is 1. The molecular formula is C12H16ClN3O. The summed E-state index contributed by atoms with van der Waals surface area (Å²) in [6, 6.07) is 5.61. The summed E-state index contributed by atoms with van der Waals surface area (Å²) in [5, 5.41) is 9.64. The average molecular weight is 254 g/mol. The first-order valence-electron chi connectivity index (χ1n) is 5.70. The number of aliphatic hydroxyl groups excluding tert-OH is 1. The molecule has 0 atom stereocenters. The van der Waals surface area contributed by atoms with Gasteiger partial charge in [-0.05, 0) is 24.7 Å². The molecule has 0 radical (unpaired) electrons. The van der Waals surface area contributed by atoms with Crippen LogP contribution >= 0.6 is 11.6 Å². The fraction of sp³-hybridized carbons (Fsp3) is 0.417. The number of rotatable bonds is 5. The SMILES string of the molecule is CCN(CCO)Cc1nc2ccc(Cl)cc2[nH]1. The number of benzene rings is 1. The quantitative estimate of drug-likeness (QED) is 0.857. The zero-order valence-corrected chi connectivity index (χ0v) is 10.5. The molecule has 0 aliphatic heterocycles. The van der Waals surface area contributed by atoms with Crippen LogP contribution in [0.15, 0.2) is 18.2 Å². The first-order chi connectivity index (χ1) is 8.22. The third-order valence-electron chi connectivity index (χ3n) is 2.73. The number of likely N-dealkylation sites (N-methyl/N-ethyl adjacent to an activating group) is 1. The monoisotopic (exact) mass is 253 g/mol. The van der Waals surface area contributed by atoms with Crippen molar-refractivity contribution in [3.05, 3.63) is 29.0 Å². The second-order valence-electron chi connectivity index (χ2n) is 3.94. The van der Waals surface area contributed by atoms with E-state index in [2.05, 4.69) is 21.8 Å². The molecule has 0 amide bonds. The van der Waals surface area contributed by atoms with Crippen LogP contribution in [0.2, 0.25) is 5.02 Å². The van der Waals surface area contributed by atoms with E-state index in [9.17, 15) is 0 Å². The highest BCUT2D eigenvalue weighted by Gasteiger charge is 2.07. The number of hydrogen-bond acceptors (Lipinski definition) is 3. The number of H-pyrrole nitrogens is 1. The molecule has 2 N–H and O–H groups in total. The molecule has 0 fully saturated rings. The highest BCUT2D eigenvalue weighted by atomic mass is 35.5. The van der Waals surface area contributed by atoms with Crippen LogP contribution in [0.4, 0.5) is 0 Å². The zero-order chi connectivity index (χ0) is 12.3. The van der Waals surface area contributed by atoms with Crippen molar-refractivity contribution < 1.29 is 5.11 Å². The summed E-state index contributed by atoms with van der Waals surface area (Å²) in [6.45, 7) is 4.49. The van der Waals surface area contributed by atoms with Crippen molar-refractivity contribution in [3.8, 4) is 0 Å². The van der Waals surface area contributed by atoms with Crippen LogP contribution < -0.4 is 0 Å². The summed E-state index contributed by atoms with van der Waals surface area (Å²) in [4.78, 5) is 9.85. The van der Waals surface area contributed by atoms with Gasteiger partial charge in [-0.25, -0.2) is 4.98 Å². The number of aromatic amines is 1. The van der Waals surface area contributed by atoms with Gasteiger partial charge in [0.15, 0.2) is 0 Å². The fourth-order valence-corrected chi connectivity index (χ4v) is 1.98. The minimum atomic E-state index is 0.167. The van der Waals surface area contributed by atoms with Crippen molar-refractivity contribution in [3.63, 3.8) is 0 Å². The number of nitrogens with zero attached hydrogens (tertiary/aromatic N) is 2. The Bertz CT molecular complexity index is 497. The molecule has 0 spiro atoms. The molecule has 92 valence electrons. The summed E-state index contributed by atoms with van der Waals surface area (Å²) >= 11 is 5.92. The molecule has 0 saturated carbocycles. The Morgan fingerprint density at radius 2 is 2.29 bits per heavy atom. The topological polar surface area (TPSA) is 52.1 Å². The van der Waals surface area contributed by atoms with E-state index in [1.54, 1.807) is 0 Å². The number of hydrogen-bond donors (Lipinski definition) is 2. The highest BCUT2D eigenvalue weighted by Crippen LogP contribution is 2.17. The Morgan fingerprint density at radius 3 is 3.00 bits per heavy atom. The lowest BCUT2D eigenvalue weighted by atomic mass is 10.3. The number of halogens is 1. The number of fused-ring (bicyclic) bond motifs is 1. The molecule has 5 heteroatoms.